The zero-order chi connectivity index (χ0) is 12.4. The Morgan fingerprint density at radius 1 is 1.17 bits per heavy atom. The van der Waals surface area contributed by atoms with Crippen molar-refractivity contribution in [3.63, 3.8) is 0 Å². The van der Waals surface area contributed by atoms with Gasteiger partial charge in [-0.05, 0) is 44.5 Å². The Morgan fingerprint density at radius 2 is 1.89 bits per heavy atom. The number of piperidine rings is 1. The van der Waals surface area contributed by atoms with Crippen molar-refractivity contribution in [3.8, 4) is 0 Å². The molecule has 2 aliphatic rings. The van der Waals surface area contributed by atoms with Crippen molar-refractivity contribution in [2.75, 3.05) is 19.6 Å². The molecular weight excluding hydrogens is 220 g/mol. The minimum Gasteiger partial charge on any atom is -0.311 e. The van der Waals surface area contributed by atoms with Gasteiger partial charge in [-0.25, -0.2) is 0 Å². The molecule has 0 unspecified atom stereocenters. The van der Waals surface area contributed by atoms with Crippen LogP contribution in [0.1, 0.15) is 37.7 Å². The van der Waals surface area contributed by atoms with Crippen LogP contribution in [0.5, 0.6) is 0 Å². The summed E-state index contributed by atoms with van der Waals surface area (Å²) in [5, 5.41) is 3.86. The summed E-state index contributed by atoms with van der Waals surface area (Å²) >= 11 is 0. The van der Waals surface area contributed by atoms with E-state index in [1.54, 1.807) is 0 Å². The van der Waals surface area contributed by atoms with Gasteiger partial charge in [0.1, 0.15) is 0 Å². The smallest absolute Gasteiger partial charge is 0.0145 e. The van der Waals surface area contributed by atoms with Crippen LogP contribution in [0.2, 0.25) is 0 Å². The van der Waals surface area contributed by atoms with Crippen LogP contribution < -0.4 is 5.32 Å². The first-order valence-electron chi connectivity index (χ1n) is 7.40. The molecule has 1 heterocycles. The van der Waals surface area contributed by atoms with E-state index in [4.69, 9.17) is 0 Å². The molecule has 0 amide bonds. The largest absolute Gasteiger partial charge is 0.311 e. The average Bonchev–Trinajstić information content (AvgIpc) is 3.20. The molecule has 0 radical (unpaired) electrons. The maximum absolute atomic E-state index is 3.86. The van der Waals surface area contributed by atoms with Crippen molar-refractivity contribution in [2.45, 2.75) is 44.2 Å². The summed E-state index contributed by atoms with van der Waals surface area (Å²) in [6, 6.07) is 12.5. The van der Waals surface area contributed by atoms with Crippen molar-refractivity contribution in [3.05, 3.63) is 35.9 Å². The highest BCUT2D eigenvalue weighted by Crippen LogP contribution is 2.41. The summed E-state index contributed by atoms with van der Waals surface area (Å²) in [5.41, 5.74) is 1.51. The summed E-state index contributed by atoms with van der Waals surface area (Å²) in [6.45, 7) is 6.02. The lowest BCUT2D eigenvalue weighted by Crippen LogP contribution is -2.43. The van der Waals surface area contributed by atoms with Gasteiger partial charge in [-0.3, -0.25) is 0 Å². The fraction of sp³-hybridized carbons (Fsp3) is 0.625. The number of hydrogen-bond acceptors (Lipinski definition) is 2. The van der Waals surface area contributed by atoms with Gasteiger partial charge >= 0.3 is 0 Å². The van der Waals surface area contributed by atoms with Gasteiger partial charge in [0.15, 0.2) is 0 Å². The lowest BCUT2D eigenvalue weighted by molar-refractivity contribution is 0.205. The Kier molecular flexibility index (Phi) is 3.67. The third kappa shape index (κ3) is 2.76. The molecule has 2 fully saturated rings. The molecular formula is C16H24N2. The van der Waals surface area contributed by atoms with E-state index in [-0.39, 0.29) is 0 Å². The molecule has 1 saturated carbocycles. The van der Waals surface area contributed by atoms with Crippen LogP contribution in [0, 0.1) is 0 Å². The second-order valence-corrected chi connectivity index (χ2v) is 5.73. The van der Waals surface area contributed by atoms with Crippen LogP contribution in [0.25, 0.3) is 0 Å². The standard InChI is InChI=1S/C16H24N2/c1-2-18-10-8-14(9-11-18)17-16-12-15(16)13-6-4-3-5-7-13/h3-7,14-17H,2,8-12H2,1H3/t15-,16+/m0/s1. The van der Waals surface area contributed by atoms with Crippen molar-refractivity contribution < 1.29 is 0 Å². The van der Waals surface area contributed by atoms with Gasteiger partial charge in [-0.15, -0.1) is 0 Å². The molecule has 3 rings (SSSR count). The van der Waals surface area contributed by atoms with Crippen LogP contribution in [0.15, 0.2) is 30.3 Å². The van der Waals surface area contributed by atoms with Crippen LogP contribution in [-0.2, 0) is 0 Å². The molecule has 1 aliphatic heterocycles. The van der Waals surface area contributed by atoms with Gasteiger partial charge in [0.2, 0.25) is 0 Å². The number of nitrogens with zero attached hydrogens (tertiary/aromatic N) is 1. The molecule has 2 atom stereocenters. The normalized spacial score (nSPS) is 29.4. The molecule has 0 bridgehead atoms. The predicted octanol–water partition coefficient (Wildman–Crippen LogP) is 2.62. The highest BCUT2D eigenvalue weighted by molar-refractivity contribution is 5.27. The Hall–Kier alpha value is -0.860. The second-order valence-electron chi connectivity index (χ2n) is 5.73. The fourth-order valence-corrected chi connectivity index (χ4v) is 3.17. The zero-order valence-electron chi connectivity index (χ0n) is 11.3. The molecule has 1 aliphatic carbocycles. The summed E-state index contributed by atoms with van der Waals surface area (Å²) in [4.78, 5) is 2.56. The summed E-state index contributed by atoms with van der Waals surface area (Å²) < 4.78 is 0. The van der Waals surface area contributed by atoms with E-state index in [9.17, 15) is 0 Å². The number of likely N-dealkylation sites (tertiary alicyclic amines) is 1. The third-order valence-corrected chi connectivity index (χ3v) is 4.50. The SMILES string of the molecule is CCN1CCC(N[C@@H]2C[C@H]2c2ccccc2)CC1. The summed E-state index contributed by atoms with van der Waals surface area (Å²) in [7, 11) is 0. The number of nitrogens with one attached hydrogen (secondary N) is 1. The second kappa shape index (κ2) is 5.41. The maximum atomic E-state index is 3.86. The number of benzene rings is 1. The van der Waals surface area contributed by atoms with Crippen LogP contribution >= 0.6 is 0 Å². The first-order valence-corrected chi connectivity index (χ1v) is 7.40. The van der Waals surface area contributed by atoms with E-state index < -0.39 is 0 Å². The first-order chi connectivity index (χ1) is 8.86. The van der Waals surface area contributed by atoms with E-state index in [0.29, 0.717) is 0 Å². The Bertz CT molecular complexity index is 368. The van der Waals surface area contributed by atoms with Gasteiger partial charge < -0.3 is 10.2 Å². The molecule has 18 heavy (non-hydrogen) atoms. The first kappa shape index (κ1) is 12.2. The molecule has 1 aromatic carbocycles. The number of hydrogen-bond donors (Lipinski definition) is 1. The van der Waals surface area contributed by atoms with E-state index >= 15 is 0 Å². The molecule has 0 aromatic heterocycles. The van der Waals surface area contributed by atoms with E-state index in [2.05, 4.69) is 47.5 Å². The molecule has 2 nitrogen and oxygen atoms in total. The lowest BCUT2D eigenvalue weighted by atomic mass is 10.0. The maximum Gasteiger partial charge on any atom is 0.0145 e. The Labute approximate surface area is 110 Å². The molecule has 1 aromatic rings. The van der Waals surface area contributed by atoms with E-state index in [1.165, 1.54) is 44.5 Å². The van der Waals surface area contributed by atoms with Crippen molar-refractivity contribution >= 4 is 0 Å². The fourth-order valence-electron chi connectivity index (χ4n) is 3.17. The van der Waals surface area contributed by atoms with Crippen LogP contribution in [0.4, 0.5) is 0 Å². The van der Waals surface area contributed by atoms with Crippen LogP contribution in [-0.4, -0.2) is 36.6 Å². The monoisotopic (exact) mass is 244 g/mol. The lowest BCUT2D eigenvalue weighted by Gasteiger charge is -2.31. The third-order valence-electron chi connectivity index (χ3n) is 4.50. The quantitative estimate of drug-likeness (QED) is 0.876. The van der Waals surface area contributed by atoms with Gasteiger partial charge in [-0.1, -0.05) is 37.3 Å². The average molecular weight is 244 g/mol. The highest BCUT2D eigenvalue weighted by atomic mass is 15.1. The zero-order valence-corrected chi connectivity index (χ0v) is 11.3. The molecule has 98 valence electrons. The highest BCUT2D eigenvalue weighted by Gasteiger charge is 2.39. The summed E-state index contributed by atoms with van der Waals surface area (Å²) in [5.74, 6) is 0.774. The molecule has 1 N–H and O–H groups in total. The van der Waals surface area contributed by atoms with Crippen molar-refractivity contribution in [1.29, 1.82) is 0 Å². The van der Waals surface area contributed by atoms with Crippen LogP contribution in [0.3, 0.4) is 0 Å². The predicted molar refractivity (Wildman–Crippen MR) is 75.9 cm³/mol. The van der Waals surface area contributed by atoms with E-state index in [1.807, 2.05) is 0 Å². The van der Waals surface area contributed by atoms with Crippen molar-refractivity contribution in [1.82, 2.24) is 10.2 Å². The number of rotatable bonds is 4. The minimum absolute atomic E-state index is 0.741. The topological polar surface area (TPSA) is 15.3 Å². The molecule has 1 saturated heterocycles. The van der Waals surface area contributed by atoms with Gasteiger partial charge in [0, 0.05) is 18.0 Å². The Balaban J connectivity index is 1.46. The summed E-state index contributed by atoms with van der Waals surface area (Å²) in [6.07, 6.45) is 3.98. The van der Waals surface area contributed by atoms with Gasteiger partial charge in [0.05, 0.1) is 0 Å². The van der Waals surface area contributed by atoms with Gasteiger partial charge in [0.25, 0.3) is 0 Å². The van der Waals surface area contributed by atoms with E-state index in [0.717, 1.165) is 18.0 Å². The van der Waals surface area contributed by atoms with Crippen molar-refractivity contribution in [2.24, 2.45) is 0 Å². The molecule has 2 heteroatoms. The Morgan fingerprint density at radius 3 is 2.56 bits per heavy atom. The molecule has 0 spiro atoms. The minimum atomic E-state index is 0.741. The van der Waals surface area contributed by atoms with Gasteiger partial charge in [-0.2, -0.15) is 0 Å².